The molecule has 2 fully saturated rings. The van der Waals surface area contributed by atoms with E-state index in [4.69, 9.17) is 0 Å². The molecule has 1 atom stereocenters. The third-order valence-corrected chi connectivity index (χ3v) is 5.19. The Morgan fingerprint density at radius 3 is 2.46 bits per heavy atom. The zero-order valence-electron chi connectivity index (χ0n) is 15.0. The number of nitrogens with zero attached hydrogens (tertiary/aromatic N) is 2. The predicted molar refractivity (Wildman–Crippen MR) is 93.2 cm³/mol. The van der Waals surface area contributed by atoms with E-state index in [1.165, 1.54) is 12.1 Å². The molecule has 0 bridgehead atoms. The molecule has 0 aliphatic carbocycles. The Balaban J connectivity index is 1.59. The van der Waals surface area contributed by atoms with Gasteiger partial charge in [0.05, 0.1) is 12.5 Å². The van der Waals surface area contributed by atoms with Crippen LogP contribution in [-0.2, 0) is 16.1 Å². The highest BCUT2D eigenvalue weighted by atomic mass is 19.1. The van der Waals surface area contributed by atoms with Crippen molar-refractivity contribution in [3.8, 4) is 0 Å². The second kappa shape index (κ2) is 8.12. The molecule has 0 saturated carbocycles. The van der Waals surface area contributed by atoms with Gasteiger partial charge in [-0.1, -0.05) is 6.92 Å². The summed E-state index contributed by atoms with van der Waals surface area (Å²) in [5.41, 5.74) is 0.410. The Hall–Kier alpha value is -2.02. The molecule has 7 heteroatoms. The normalized spacial score (nSPS) is 22.0. The fourth-order valence-electron chi connectivity index (χ4n) is 3.59. The van der Waals surface area contributed by atoms with Crippen molar-refractivity contribution in [2.45, 2.75) is 38.8 Å². The number of nitrogens with one attached hydrogen (secondary N) is 1. The molecular formula is C19H25F2N3O2. The van der Waals surface area contributed by atoms with Crippen molar-refractivity contribution in [3.05, 3.63) is 35.4 Å². The van der Waals surface area contributed by atoms with Crippen molar-refractivity contribution in [2.75, 3.05) is 26.2 Å². The fraction of sp³-hybridized carbons (Fsp3) is 0.579. The summed E-state index contributed by atoms with van der Waals surface area (Å²) >= 11 is 0. The van der Waals surface area contributed by atoms with E-state index >= 15 is 0 Å². The largest absolute Gasteiger partial charge is 0.343 e. The van der Waals surface area contributed by atoms with Gasteiger partial charge in [-0.25, -0.2) is 8.78 Å². The van der Waals surface area contributed by atoms with E-state index in [1.54, 1.807) is 4.90 Å². The molecule has 3 rings (SSSR count). The van der Waals surface area contributed by atoms with Crippen LogP contribution in [0.4, 0.5) is 8.78 Å². The number of hydrogen-bond acceptors (Lipinski definition) is 3. The summed E-state index contributed by atoms with van der Waals surface area (Å²) in [7, 11) is 0. The van der Waals surface area contributed by atoms with Gasteiger partial charge in [0.2, 0.25) is 11.8 Å². The number of carbonyl (C=O) groups is 2. The monoisotopic (exact) mass is 365 g/mol. The topological polar surface area (TPSA) is 52.7 Å². The first kappa shape index (κ1) is 18.8. The maximum absolute atomic E-state index is 13.4. The minimum Gasteiger partial charge on any atom is -0.343 e. The van der Waals surface area contributed by atoms with Gasteiger partial charge in [-0.15, -0.1) is 0 Å². The maximum atomic E-state index is 13.4. The Morgan fingerprint density at radius 2 is 1.81 bits per heavy atom. The van der Waals surface area contributed by atoms with E-state index < -0.39 is 17.7 Å². The Labute approximate surface area is 152 Å². The van der Waals surface area contributed by atoms with E-state index in [0.29, 0.717) is 24.6 Å². The predicted octanol–water partition coefficient (Wildman–Crippen LogP) is 1.91. The number of rotatable bonds is 4. The van der Waals surface area contributed by atoms with Crippen LogP contribution in [0.1, 0.15) is 31.7 Å². The van der Waals surface area contributed by atoms with E-state index in [-0.39, 0.29) is 24.8 Å². The van der Waals surface area contributed by atoms with Crippen LogP contribution in [0, 0.1) is 17.6 Å². The lowest BCUT2D eigenvalue weighted by molar-refractivity contribution is -0.142. The Morgan fingerprint density at radius 1 is 1.15 bits per heavy atom. The molecule has 2 heterocycles. The molecule has 1 unspecified atom stereocenters. The average molecular weight is 365 g/mol. The third kappa shape index (κ3) is 4.58. The van der Waals surface area contributed by atoms with Gasteiger partial charge in [-0.05, 0) is 36.5 Å². The van der Waals surface area contributed by atoms with Gasteiger partial charge in [0.1, 0.15) is 11.6 Å². The first-order chi connectivity index (χ1) is 12.4. The second-order valence-electron chi connectivity index (χ2n) is 7.31. The Bertz CT molecular complexity index is 654. The van der Waals surface area contributed by atoms with Crippen molar-refractivity contribution in [1.82, 2.24) is 15.1 Å². The van der Waals surface area contributed by atoms with Crippen molar-refractivity contribution < 1.29 is 18.4 Å². The van der Waals surface area contributed by atoms with Gasteiger partial charge in [0, 0.05) is 38.8 Å². The van der Waals surface area contributed by atoms with Gasteiger partial charge in [0.25, 0.3) is 0 Å². The molecule has 1 aromatic carbocycles. The molecule has 1 aromatic rings. The van der Waals surface area contributed by atoms with Crippen molar-refractivity contribution in [3.63, 3.8) is 0 Å². The van der Waals surface area contributed by atoms with Crippen LogP contribution in [-0.4, -0.2) is 53.8 Å². The van der Waals surface area contributed by atoms with Crippen LogP contribution in [0.25, 0.3) is 0 Å². The number of carbonyl (C=O) groups excluding carboxylic acids is 2. The second-order valence-corrected chi connectivity index (χ2v) is 7.31. The lowest BCUT2D eigenvalue weighted by Crippen LogP contribution is -2.56. The summed E-state index contributed by atoms with van der Waals surface area (Å²) in [4.78, 5) is 28.5. The third-order valence-electron chi connectivity index (χ3n) is 5.19. The van der Waals surface area contributed by atoms with Crippen molar-refractivity contribution >= 4 is 11.8 Å². The lowest BCUT2D eigenvalue weighted by Gasteiger charge is -2.35. The van der Waals surface area contributed by atoms with Gasteiger partial charge >= 0.3 is 0 Å². The van der Waals surface area contributed by atoms with Crippen LogP contribution < -0.4 is 5.32 Å². The summed E-state index contributed by atoms with van der Waals surface area (Å²) in [5.74, 6) is -0.890. The first-order valence-electron chi connectivity index (χ1n) is 9.17. The molecule has 26 heavy (non-hydrogen) atoms. The Kier molecular flexibility index (Phi) is 5.86. The molecule has 2 aliphatic heterocycles. The highest BCUT2D eigenvalue weighted by molar-refractivity contribution is 5.89. The van der Waals surface area contributed by atoms with Crippen LogP contribution in [0.3, 0.4) is 0 Å². The minimum absolute atomic E-state index is 0.0126. The number of halogens is 2. The molecule has 2 saturated heterocycles. The molecule has 0 spiro atoms. The maximum Gasteiger partial charge on any atom is 0.240 e. The van der Waals surface area contributed by atoms with Crippen LogP contribution >= 0.6 is 0 Å². The van der Waals surface area contributed by atoms with Crippen molar-refractivity contribution in [2.24, 2.45) is 5.92 Å². The quantitative estimate of drug-likeness (QED) is 0.887. The molecule has 5 nitrogen and oxygen atoms in total. The fourth-order valence-corrected chi connectivity index (χ4v) is 3.59. The number of hydrogen-bond donors (Lipinski definition) is 1. The number of benzene rings is 1. The van der Waals surface area contributed by atoms with Gasteiger partial charge in [0.15, 0.2) is 0 Å². The van der Waals surface area contributed by atoms with Gasteiger partial charge < -0.3 is 15.1 Å². The molecular weight excluding hydrogens is 340 g/mol. The molecule has 2 amide bonds. The van der Waals surface area contributed by atoms with E-state index in [9.17, 15) is 18.4 Å². The standard InChI is InChI=1S/C19H25F2N3O2/c1-13-2-5-23(6-3-13)18(25)11-17-19(26)24(7-4-22-17)12-14-8-15(20)10-16(21)9-14/h8-10,13,17,22H,2-7,11-12H2,1H3. The lowest BCUT2D eigenvalue weighted by atomic mass is 9.98. The number of amides is 2. The first-order valence-corrected chi connectivity index (χ1v) is 9.17. The molecule has 0 radical (unpaired) electrons. The average Bonchev–Trinajstić information content (AvgIpc) is 2.58. The minimum atomic E-state index is -0.659. The molecule has 142 valence electrons. The summed E-state index contributed by atoms with van der Waals surface area (Å²) in [6, 6.07) is 2.69. The highest BCUT2D eigenvalue weighted by Crippen LogP contribution is 2.18. The van der Waals surface area contributed by atoms with Gasteiger partial charge in [-0.3, -0.25) is 9.59 Å². The van der Waals surface area contributed by atoms with E-state index in [0.717, 1.165) is 32.0 Å². The number of likely N-dealkylation sites (tertiary alicyclic amines) is 1. The van der Waals surface area contributed by atoms with Crippen LogP contribution in [0.15, 0.2) is 18.2 Å². The SMILES string of the molecule is CC1CCN(C(=O)CC2NCCN(Cc3cc(F)cc(F)c3)C2=O)CC1. The van der Waals surface area contributed by atoms with Crippen molar-refractivity contribution in [1.29, 1.82) is 0 Å². The molecule has 2 aliphatic rings. The van der Waals surface area contributed by atoms with E-state index in [2.05, 4.69) is 12.2 Å². The summed E-state index contributed by atoms with van der Waals surface area (Å²) in [5, 5.41) is 3.10. The van der Waals surface area contributed by atoms with Crippen LogP contribution in [0.5, 0.6) is 0 Å². The molecule has 1 N–H and O–H groups in total. The zero-order chi connectivity index (χ0) is 18.7. The summed E-state index contributed by atoms with van der Waals surface area (Å²) in [6.07, 6.45) is 2.12. The van der Waals surface area contributed by atoms with E-state index in [1.807, 2.05) is 4.90 Å². The molecule has 0 aromatic heterocycles. The van der Waals surface area contributed by atoms with Gasteiger partial charge in [-0.2, -0.15) is 0 Å². The summed E-state index contributed by atoms with van der Waals surface area (Å²) in [6.45, 7) is 4.81. The highest BCUT2D eigenvalue weighted by Gasteiger charge is 2.32. The number of piperazine rings is 1. The van der Waals surface area contributed by atoms with Crippen LogP contribution in [0.2, 0.25) is 0 Å². The smallest absolute Gasteiger partial charge is 0.240 e. The zero-order valence-corrected chi connectivity index (χ0v) is 15.0. The number of piperidine rings is 1. The summed E-state index contributed by atoms with van der Waals surface area (Å²) < 4.78 is 26.7.